The standard InChI is InChI=1S/C25H25BO3/c1-16-10-15-19(23-22(16)20-8-6-7-9-21(20)27-23)17-11-13-18(14-12-17)26-28-24(2,3)25(4,5)29-26/h6-15H,1-5H3. The van der Waals surface area contributed by atoms with Crippen LogP contribution in [0.25, 0.3) is 33.1 Å². The molecular formula is C25H25BO3. The van der Waals surface area contributed by atoms with E-state index < -0.39 is 0 Å². The van der Waals surface area contributed by atoms with Gasteiger partial charge in [0.2, 0.25) is 0 Å². The van der Waals surface area contributed by atoms with Gasteiger partial charge >= 0.3 is 7.12 Å². The SMILES string of the molecule is Cc1ccc(-c2ccc(B3OC(C)(C)C(C)(C)O3)cc2)c2oc3ccccc3c12. The highest BCUT2D eigenvalue weighted by atomic mass is 16.7. The van der Waals surface area contributed by atoms with E-state index in [-0.39, 0.29) is 18.3 Å². The molecule has 1 aliphatic rings. The minimum Gasteiger partial charge on any atom is -0.455 e. The first kappa shape index (κ1) is 18.5. The summed E-state index contributed by atoms with van der Waals surface area (Å²) in [5.74, 6) is 0. The largest absolute Gasteiger partial charge is 0.494 e. The lowest BCUT2D eigenvalue weighted by atomic mass is 9.78. The third-order valence-corrected chi connectivity index (χ3v) is 6.48. The van der Waals surface area contributed by atoms with Gasteiger partial charge in [-0.15, -0.1) is 0 Å². The molecule has 3 aromatic carbocycles. The van der Waals surface area contributed by atoms with Crippen LogP contribution in [-0.2, 0) is 9.31 Å². The first-order valence-electron chi connectivity index (χ1n) is 10.1. The number of para-hydroxylation sites is 1. The van der Waals surface area contributed by atoms with Crippen molar-refractivity contribution in [1.29, 1.82) is 0 Å². The van der Waals surface area contributed by atoms with Gasteiger partial charge in [0.15, 0.2) is 0 Å². The summed E-state index contributed by atoms with van der Waals surface area (Å²) in [6.45, 7) is 10.4. The fraction of sp³-hybridized carbons (Fsp3) is 0.280. The smallest absolute Gasteiger partial charge is 0.455 e. The molecule has 29 heavy (non-hydrogen) atoms. The van der Waals surface area contributed by atoms with Gasteiger partial charge in [-0.3, -0.25) is 0 Å². The van der Waals surface area contributed by atoms with Crippen molar-refractivity contribution in [1.82, 2.24) is 0 Å². The quantitative estimate of drug-likeness (QED) is 0.406. The summed E-state index contributed by atoms with van der Waals surface area (Å²) >= 11 is 0. The second-order valence-electron chi connectivity index (χ2n) is 8.94. The third kappa shape index (κ3) is 2.82. The summed E-state index contributed by atoms with van der Waals surface area (Å²) in [4.78, 5) is 0. The van der Waals surface area contributed by atoms with E-state index >= 15 is 0 Å². The molecule has 5 rings (SSSR count). The predicted octanol–water partition coefficient (Wildman–Crippen LogP) is 5.86. The Morgan fingerprint density at radius 2 is 1.41 bits per heavy atom. The van der Waals surface area contributed by atoms with E-state index in [0.717, 1.165) is 33.1 Å². The summed E-state index contributed by atoms with van der Waals surface area (Å²) in [5, 5.41) is 2.35. The molecule has 4 heteroatoms. The van der Waals surface area contributed by atoms with Crippen LogP contribution in [0, 0.1) is 6.92 Å². The van der Waals surface area contributed by atoms with Gasteiger partial charge in [0.05, 0.1) is 11.2 Å². The Hall–Kier alpha value is -2.56. The van der Waals surface area contributed by atoms with Crippen molar-refractivity contribution in [2.45, 2.75) is 45.8 Å². The zero-order valence-corrected chi connectivity index (χ0v) is 17.6. The van der Waals surface area contributed by atoms with Crippen LogP contribution in [0.4, 0.5) is 0 Å². The zero-order chi connectivity index (χ0) is 20.4. The molecule has 0 aliphatic carbocycles. The van der Waals surface area contributed by atoms with Crippen LogP contribution in [0.2, 0.25) is 0 Å². The highest BCUT2D eigenvalue weighted by molar-refractivity contribution is 6.62. The van der Waals surface area contributed by atoms with E-state index in [2.05, 4.69) is 83.1 Å². The number of rotatable bonds is 2. The van der Waals surface area contributed by atoms with Crippen LogP contribution in [0.1, 0.15) is 33.3 Å². The van der Waals surface area contributed by atoms with Crippen LogP contribution in [0.15, 0.2) is 65.1 Å². The van der Waals surface area contributed by atoms with Crippen molar-refractivity contribution in [2.75, 3.05) is 0 Å². The summed E-state index contributed by atoms with van der Waals surface area (Å²) in [6, 6.07) is 21.0. The van der Waals surface area contributed by atoms with Gasteiger partial charge in [-0.05, 0) is 57.3 Å². The summed E-state index contributed by atoms with van der Waals surface area (Å²) in [5.41, 5.74) is 5.66. The Bertz CT molecular complexity index is 1200. The van der Waals surface area contributed by atoms with Crippen LogP contribution in [0.5, 0.6) is 0 Å². The first-order chi connectivity index (χ1) is 13.8. The van der Waals surface area contributed by atoms with Gasteiger partial charge in [0, 0.05) is 16.3 Å². The lowest BCUT2D eigenvalue weighted by Crippen LogP contribution is -2.41. The van der Waals surface area contributed by atoms with Crippen LogP contribution in [-0.4, -0.2) is 18.3 Å². The molecule has 146 valence electrons. The molecule has 4 aromatic rings. The van der Waals surface area contributed by atoms with Crippen molar-refractivity contribution >= 4 is 34.5 Å². The average molecular weight is 384 g/mol. The molecule has 0 spiro atoms. The summed E-state index contributed by atoms with van der Waals surface area (Å²) < 4.78 is 18.6. The lowest BCUT2D eigenvalue weighted by molar-refractivity contribution is 0.00578. The molecule has 0 saturated carbocycles. The molecular weight excluding hydrogens is 359 g/mol. The van der Waals surface area contributed by atoms with Gasteiger partial charge in [0.1, 0.15) is 11.2 Å². The highest BCUT2D eigenvalue weighted by Crippen LogP contribution is 2.38. The first-order valence-corrected chi connectivity index (χ1v) is 10.1. The molecule has 1 aliphatic heterocycles. The Kier molecular flexibility index (Phi) is 3.96. The van der Waals surface area contributed by atoms with Crippen LogP contribution < -0.4 is 5.46 Å². The summed E-state index contributed by atoms with van der Waals surface area (Å²) in [6.07, 6.45) is 0. The maximum Gasteiger partial charge on any atom is 0.494 e. The number of fused-ring (bicyclic) bond motifs is 3. The minimum absolute atomic E-state index is 0.340. The molecule has 0 N–H and O–H groups in total. The Labute approximate surface area is 171 Å². The molecule has 0 amide bonds. The highest BCUT2D eigenvalue weighted by Gasteiger charge is 2.51. The van der Waals surface area contributed by atoms with Crippen molar-refractivity contribution in [2.24, 2.45) is 0 Å². The zero-order valence-electron chi connectivity index (χ0n) is 17.6. The Balaban J connectivity index is 1.56. The number of hydrogen-bond acceptors (Lipinski definition) is 3. The van der Waals surface area contributed by atoms with Gasteiger partial charge in [-0.25, -0.2) is 0 Å². The lowest BCUT2D eigenvalue weighted by Gasteiger charge is -2.32. The van der Waals surface area contributed by atoms with Crippen molar-refractivity contribution < 1.29 is 13.7 Å². The number of aryl methyl sites for hydroxylation is 1. The van der Waals surface area contributed by atoms with Gasteiger partial charge in [0.25, 0.3) is 0 Å². The number of furan rings is 1. The van der Waals surface area contributed by atoms with E-state index in [0.29, 0.717) is 0 Å². The molecule has 0 atom stereocenters. The second kappa shape index (κ2) is 6.22. The molecule has 3 nitrogen and oxygen atoms in total. The molecule has 1 saturated heterocycles. The number of hydrogen-bond donors (Lipinski definition) is 0. The molecule has 0 unspecified atom stereocenters. The summed E-state index contributed by atoms with van der Waals surface area (Å²) in [7, 11) is -0.349. The molecule has 0 bridgehead atoms. The molecule has 1 aromatic heterocycles. The number of benzene rings is 3. The monoisotopic (exact) mass is 384 g/mol. The normalized spacial score (nSPS) is 18.0. The maximum atomic E-state index is 6.25. The molecule has 2 heterocycles. The minimum atomic E-state index is -0.349. The average Bonchev–Trinajstić information content (AvgIpc) is 3.17. The van der Waals surface area contributed by atoms with Gasteiger partial charge < -0.3 is 13.7 Å². The van der Waals surface area contributed by atoms with Crippen LogP contribution in [0.3, 0.4) is 0 Å². The second-order valence-corrected chi connectivity index (χ2v) is 8.94. The maximum absolute atomic E-state index is 6.25. The van der Waals surface area contributed by atoms with Crippen LogP contribution >= 0.6 is 0 Å². The van der Waals surface area contributed by atoms with E-state index in [9.17, 15) is 0 Å². The Morgan fingerprint density at radius 3 is 2.10 bits per heavy atom. The predicted molar refractivity (Wildman–Crippen MR) is 120 cm³/mol. The topological polar surface area (TPSA) is 31.6 Å². The van der Waals surface area contributed by atoms with E-state index in [1.165, 1.54) is 10.9 Å². The Morgan fingerprint density at radius 1 is 0.759 bits per heavy atom. The van der Waals surface area contributed by atoms with Crippen molar-refractivity contribution in [3.8, 4) is 11.1 Å². The van der Waals surface area contributed by atoms with Gasteiger partial charge in [-0.2, -0.15) is 0 Å². The third-order valence-electron chi connectivity index (χ3n) is 6.48. The van der Waals surface area contributed by atoms with E-state index in [1.807, 2.05) is 12.1 Å². The van der Waals surface area contributed by atoms with E-state index in [4.69, 9.17) is 13.7 Å². The fourth-order valence-electron chi connectivity index (χ4n) is 4.02. The van der Waals surface area contributed by atoms with Gasteiger partial charge in [-0.1, -0.05) is 54.6 Å². The van der Waals surface area contributed by atoms with E-state index in [1.54, 1.807) is 0 Å². The van der Waals surface area contributed by atoms with Crippen molar-refractivity contribution in [3.05, 3.63) is 66.2 Å². The fourth-order valence-corrected chi connectivity index (χ4v) is 4.02. The molecule has 1 fully saturated rings. The molecule has 0 radical (unpaired) electrons. The van der Waals surface area contributed by atoms with Crippen molar-refractivity contribution in [3.63, 3.8) is 0 Å².